The minimum Gasteiger partial charge on any atom is -0.344 e. The van der Waals surface area contributed by atoms with Crippen LogP contribution in [0, 0.1) is 6.92 Å². The summed E-state index contributed by atoms with van der Waals surface area (Å²) >= 11 is 0. The Balaban J connectivity index is 1.53. The first-order valence-electron chi connectivity index (χ1n) is 8.84. The van der Waals surface area contributed by atoms with Gasteiger partial charge in [0.15, 0.2) is 0 Å². The lowest BCUT2D eigenvalue weighted by atomic mass is 10.0. The van der Waals surface area contributed by atoms with Crippen LogP contribution in [-0.4, -0.2) is 21.0 Å². The Kier molecular flexibility index (Phi) is 4.24. The maximum atomic E-state index is 12.5. The van der Waals surface area contributed by atoms with E-state index in [1.807, 2.05) is 38.1 Å². The molecule has 1 aliphatic carbocycles. The molecule has 0 bridgehead atoms. The molecule has 2 aromatic heterocycles. The van der Waals surface area contributed by atoms with Gasteiger partial charge in [0.25, 0.3) is 5.91 Å². The van der Waals surface area contributed by atoms with Crippen molar-refractivity contribution in [2.75, 3.05) is 0 Å². The van der Waals surface area contributed by atoms with Gasteiger partial charge in [-0.1, -0.05) is 30.3 Å². The van der Waals surface area contributed by atoms with E-state index in [2.05, 4.69) is 26.5 Å². The van der Waals surface area contributed by atoms with Crippen LogP contribution in [0.5, 0.6) is 0 Å². The lowest BCUT2D eigenvalue weighted by Gasteiger charge is -2.14. The molecule has 0 saturated heterocycles. The maximum Gasteiger partial charge on any atom is 0.270 e. The molecule has 1 N–H and O–H groups in total. The fourth-order valence-electron chi connectivity index (χ4n) is 3.32. The van der Waals surface area contributed by atoms with Crippen LogP contribution in [0.3, 0.4) is 0 Å². The number of fused-ring (bicyclic) bond motifs is 1. The number of hydrogen-bond acceptors (Lipinski definition) is 5. The Hall–Kier alpha value is -3.02. The second-order valence-corrected chi connectivity index (χ2v) is 6.51. The van der Waals surface area contributed by atoms with Crippen LogP contribution in [0.2, 0.25) is 0 Å². The van der Waals surface area contributed by atoms with Gasteiger partial charge < -0.3 is 9.84 Å². The predicted octanol–water partition coefficient (Wildman–Crippen LogP) is 3.42. The molecule has 1 atom stereocenters. The van der Waals surface area contributed by atoms with E-state index in [1.165, 1.54) is 5.56 Å². The zero-order valence-electron chi connectivity index (χ0n) is 14.8. The summed E-state index contributed by atoms with van der Waals surface area (Å²) in [4.78, 5) is 21.2. The molecule has 0 aliphatic heterocycles. The summed E-state index contributed by atoms with van der Waals surface area (Å²) in [7, 11) is 0. The van der Waals surface area contributed by atoms with Crippen LogP contribution in [0.4, 0.5) is 0 Å². The Labute approximate surface area is 151 Å². The molecule has 1 aromatic carbocycles. The predicted molar refractivity (Wildman–Crippen MR) is 96.6 cm³/mol. The molecule has 2 heterocycles. The smallest absolute Gasteiger partial charge is 0.270 e. The highest BCUT2D eigenvalue weighted by Gasteiger charge is 2.25. The Morgan fingerprint density at radius 3 is 2.92 bits per heavy atom. The molecule has 1 amide bonds. The van der Waals surface area contributed by atoms with Crippen LogP contribution in [0.15, 0.2) is 40.9 Å². The van der Waals surface area contributed by atoms with Crippen molar-refractivity contribution in [2.45, 2.75) is 39.2 Å². The number of aromatic nitrogens is 3. The van der Waals surface area contributed by atoms with Crippen LogP contribution in [-0.2, 0) is 12.8 Å². The Morgan fingerprint density at radius 1 is 1.27 bits per heavy atom. The van der Waals surface area contributed by atoms with Crippen molar-refractivity contribution in [3.8, 4) is 11.4 Å². The minimum atomic E-state index is -0.138. The second-order valence-electron chi connectivity index (χ2n) is 6.51. The van der Waals surface area contributed by atoms with Gasteiger partial charge in [-0.2, -0.15) is 4.98 Å². The van der Waals surface area contributed by atoms with Gasteiger partial charge in [0, 0.05) is 17.7 Å². The first kappa shape index (κ1) is 16.4. The number of amides is 1. The van der Waals surface area contributed by atoms with E-state index in [4.69, 9.17) is 4.52 Å². The summed E-state index contributed by atoms with van der Waals surface area (Å²) < 4.78 is 5.19. The largest absolute Gasteiger partial charge is 0.344 e. The number of aryl methyl sites for hydroxylation is 3. The van der Waals surface area contributed by atoms with Gasteiger partial charge in [0.05, 0.1) is 6.04 Å². The number of nitrogens with one attached hydrogen (secondary N) is 1. The third-order valence-electron chi connectivity index (χ3n) is 4.68. The quantitative estimate of drug-likeness (QED) is 0.781. The van der Waals surface area contributed by atoms with E-state index in [0.717, 1.165) is 36.1 Å². The topological polar surface area (TPSA) is 80.9 Å². The monoisotopic (exact) mass is 348 g/mol. The van der Waals surface area contributed by atoms with E-state index in [0.29, 0.717) is 17.4 Å². The molecule has 0 saturated carbocycles. The Bertz CT molecular complexity index is 964. The molecule has 6 nitrogen and oxygen atoms in total. The van der Waals surface area contributed by atoms with Crippen LogP contribution in [0.1, 0.15) is 52.6 Å². The van der Waals surface area contributed by atoms with Crippen molar-refractivity contribution in [3.05, 3.63) is 64.8 Å². The van der Waals surface area contributed by atoms with E-state index < -0.39 is 0 Å². The third kappa shape index (κ3) is 3.10. The molecule has 1 aliphatic rings. The van der Waals surface area contributed by atoms with Crippen molar-refractivity contribution in [3.63, 3.8) is 0 Å². The zero-order chi connectivity index (χ0) is 18.1. The van der Waals surface area contributed by atoms with E-state index >= 15 is 0 Å². The lowest BCUT2D eigenvalue weighted by Crippen LogP contribution is -2.28. The molecule has 0 fully saturated rings. The van der Waals surface area contributed by atoms with E-state index in [1.54, 1.807) is 6.07 Å². The number of carbonyl (C=O) groups excluding carboxylic acids is 1. The van der Waals surface area contributed by atoms with Gasteiger partial charge in [0.2, 0.25) is 11.7 Å². The number of hydrogen-bond donors (Lipinski definition) is 1. The molecule has 132 valence electrons. The number of carbonyl (C=O) groups is 1. The molecule has 3 aromatic rings. The summed E-state index contributed by atoms with van der Waals surface area (Å²) in [5.41, 5.74) is 4.59. The highest BCUT2D eigenvalue weighted by atomic mass is 16.5. The SMILES string of the molecule is CCc1nc(-c2ccc3c(c2)CCC3NC(=O)c2cccc(C)n2)no1. The highest BCUT2D eigenvalue weighted by Crippen LogP contribution is 2.33. The van der Waals surface area contributed by atoms with Crippen molar-refractivity contribution in [1.29, 1.82) is 0 Å². The summed E-state index contributed by atoms with van der Waals surface area (Å²) in [6.45, 7) is 3.86. The molecule has 1 unspecified atom stereocenters. The maximum absolute atomic E-state index is 12.5. The van der Waals surface area contributed by atoms with Crippen LogP contribution >= 0.6 is 0 Å². The average molecular weight is 348 g/mol. The first-order chi connectivity index (χ1) is 12.6. The number of pyridine rings is 1. The number of benzene rings is 1. The van der Waals surface area contributed by atoms with E-state index in [-0.39, 0.29) is 11.9 Å². The van der Waals surface area contributed by atoms with E-state index in [9.17, 15) is 4.79 Å². The molecular formula is C20H20N4O2. The summed E-state index contributed by atoms with van der Waals surface area (Å²) in [6.07, 6.45) is 2.51. The zero-order valence-corrected chi connectivity index (χ0v) is 14.8. The summed E-state index contributed by atoms with van der Waals surface area (Å²) in [5.74, 6) is 1.11. The standard InChI is InChI=1S/C20H20N4O2/c1-3-18-23-19(24-26-18)14-7-9-15-13(11-14)8-10-16(15)22-20(25)17-6-4-5-12(2)21-17/h4-7,9,11,16H,3,8,10H2,1-2H3,(H,22,25). The number of nitrogens with zero attached hydrogens (tertiary/aromatic N) is 3. The van der Waals surface area contributed by atoms with Crippen molar-refractivity contribution >= 4 is 5.91 Å². The van der Waals surface area contributed by atoms with Gasteiger partial charge in [-0.3, -0.25) is 4.79 Å². The van der Waals surface area contributed by atoms with Crippen molar-refractivity contribution < 1.29 is 9.32 Å². The van der Waals surface area contributed by atoms with Crippen LogP contribution < -0.4 is 5.32 Å². The van der Waals surface area contributed by atoms with Gasteiger partial charge in [-0.15, -0.1) is 0 Å². The molecule has 4 rings (SSSR count). The van der Waals surface area contributed by atoms with Gasteiger partial charge in [-0.25, -0.2) is 4.98 Å². The second kappa shape index (κ2) is 6.71. The van der Waals surface area contributed by atoms with Gasteiger partial charge >= 0.3 is 0 Å². The first-order valence-corrected chi connectivity index (χ1v) is 8.84. The summed E-state index contributed by atoms with van der Waals surface area (Å²) in [5, 5.41) is 7.13. The Morgan fingerprint density at radius 2 is 2.15 bits per heavy atom. The minimum absolute atomic E-state index is 0.00494. The van der Waals surface area contributed by atoms with Crippen molar-refractivity contribution in [1.82, 2.24) is 20.4 Å². The van der Waals surface area contributed by atoms with Gasteiger partial charge in [-0.05, 0) is 49.1 Å². The molecule has 0 radical (unpaired) electrons. The molecule has 26 heavy (non-hydrogen) atoms. The normalized spacial score (nSPS) is 15.7. The summed E-state index contributed by atoms with van der Waals surface area (Å²) in [6, 6.07) is 11.6. The average Bonchev–Trinajstić information content (AvgIpc) is 3.28. The highest BCUT2D eigenvalue weighted by molar-refractivity contribution is 5.92. The molecule has 6 heteroatoms. The number of rotatable bonds is 4. The van der Waals surface area contributed by atoms with Crippen molar-refractivity contribution in [2.24, 2.45) is 0 Å². The fraction of sp³-hybridized carbons (Fsp3) is 0.300. The molecular weight excluding hydrogens is 328 g/mol. The van der Waals surface area contributed by atoms with Crippen LogP contribution in [0.25, 0.3) is 11.4 Å². The van der Waals surface area contributed by atoms with Gasteiger partial charge in [0.1, 0.15) is 5.69 Å². The third-order valence-corrected chi connectivity index (χ3v) is 4.68. The lowest BCUT2D eigenvalue weighted by molar-refractivity contribution is 0.0931. The molecule has 0 spiro atoms. The fourth-order valence-corrected chi connectivity index (χ4v) is 3.32.